The van der Waals surface area contributed by atoms with Gasteiger partial charge in [0.1, 0.15) is 11.8 Å². The highest BCUT2D eigenvalue weighted by Gasteiger charge is 2.30. The van der Waals surface area contributed by atoms with E-state index in [0.717, 1.165) is 27.8 Å². The quantitative estimate of drug-likeness (QED) is 0.334. The van der Waals surface area contributed by atoms with Gasteiger partial charge in [0.05, 0.1) is 0 Å². The molecule has 3 aromatic rings. The van der Waals surface area contributed by atoms with Crippen LogP contribution in [0.4, 0.5) is 0 Å². The predicted octanol–water partition coefficient (Wildman–Crippen LogP) is 6.06. The molecule has 0 bridgehead atoms. The Labute approximate surface area is 225 Å². The summed E-state index contributed by atoms with van der Waals surface area (Å²) in [7, 11) is 0. The van der Waals surface area contributed by atoms with Crippen molar-refractivity contribution >= 4 is 23.4 Å². The molecule has 0 radical (unpaired) electrons. The summed E-state index contributed by atoms with van der Waals surface area (Å²) in [5.41, 5.74) is 4.81. The normalized spacial score (nSPS) is 11.8. The number of aryl methyl sites for hydroxylation is 3. The fraction of sp³-hybridized carbons (Fsp3) is 0.355. The molecule has 0 saturated carbocycles. The van der Waals surface area contributed by atoms with E-state index in [9.17, 15) is 9.59 Å². The van der Waals surface area contributed by atoms with E-state index in [1.807, 2.05) is 101 Å². The summed E-state index contributed by atoms with van der Waals surface area (Å²) in [6, 6.07) is 20.7. The molecular weight excluding hydrogens is 484 g/mol. The number of ether oxygens (including phenoxy) is 1. The largest absolute Gasteiger partial charge is 0.484 e. The van der Waals surface area contributed by atoms with E-state index in [-0.39, 0.29) is 18.4 Å². The van der Waals surface area contributed by atoms with Crippen molar-refractivity contribution in [3.05, 3.63) is 99.6 Å². The van der Waals surface area contributed by atoms with Crippen LogP contribution in [-0.4, -0.2) is 35.9 Å². The molecular formula is C31H37ClN2O3. The smallest absolute Gasteiger partial charge is 0.261 e. The van der Waals surface area contributed by atoms with Crippen LogP contribution in [0.25, 0.3) is 0 Å². The lowest BCUT2D eigenvalue weighted by atomic mass is 10.0. The standard InChI is InChI=1S/C31H37ClN2O3/c1-21(2)18-33-31(36)28(17-25-11-7-6-8-12-25)34(19-26-13-9-10-22(3)14-26)29(35)20-37-27-15-23(4)30(32)24(5)16-27/h6-16,21,28H,17-20H2,1-5H3,(H,33,36). The minimum Gasteiger partial charge on any atom is -0.484 e. The Balaban J connectivity index is 1.91. The van der Waals surface area contributed by atoms with Gasteiger partial charge < -0.3 is 15.0 Å². The lowest BCUT2D eigenvalue weighted by Crippen LogP contribution is -2.52. The third-order valence-corrected chi connectivity index (χ3v) is 6.76. The van der Waals surface area contributed by atoms with Crippen LogP contribution >= 0.6 is 11.6 Å². The number of nitrogens with one attached hydrogen (secondary N) is 1. The van der Waals surface area contributed by atoms with E-state index in [4.69, 9.17) is 16.3 Å². The number of rotatable bonds is 11. The molecule has 0 saturated heterocycles. The van der Waals surface area contributed by atoms with Crippen molar-refractivity contribution in [1.82, 2.24) is 10.2 Å². The Kier molecular flexibility index (Phi) is 10.2. The van der Waals surface area contributed by atoms with E-state index in [1.165, 1.54) is 0 Å². The van der Waals surface area contributed by atoms with Crippen LogP contribution in [0.2, 0.25) is 5.02 Å². The third-order valence-electron chi connectivity index (χ3n) is 6.16. The van der Waals surface area contributed by atoms with Crippen molar-refractivity contribution < 1.29 is 14.3 Å². The number of nitrogens with zero attached hydrogens (tertiary/aromatic N) is 1. The molecule has 2 amide bonds. The number of carbonyl (C=O) groups excluding carboxylic acids is 2. The number of halogens is 1. The zero-order valence-corrected chi connectivity index (χ0v) is 23.1. The second-order valence-corrected chi connectivity index (χ2v) is 10.4. The van der Waals surface area contributed by atoms with Crippen LogP contribution in [0.15, 0.2) is 66.7 Å². The van der Waals surface area contributed by atoms with Gasteiger partial charge in [0.15, 0.2) is 6.61 Å². The van der Waals surface area contributed by atoms with Crippen LogP contribution in [0.5, 0.6) is 5.75 Å². The van der Waals surface area contributed by atoms with E-state index >= 15 is 0 Å². The fourth-order valence-corrected chi connectivity index (χ4v) is 4.31. The van der Waals surface area contributed by atoms with Crippen molar-refractivity contribution in [3.63, 3.8) is 0 Å². The van der Waals surface area contributed by atoms with Crippen molar-refractivity contribution in [3.8, 4) is 5.75 Å². The molecule has 5 nitrogen and oxygen atoms in total. The second-order valence-electron chi connectivity index (χ2n) is 10.0. The molecule has 0 fully saturated rings. The number of carbonyl (C=O) groups is 2. The molecule has 0 heterocycles. The summed E-state index contributed by atoms with van der Waals surface area (Å²) < 4.78 is 5.92. The average Bonchev–Trinajstić information content (AvgIpc) is 2.87. The monoisotopic (exact) mass is 520 g/mol. The van der Waals surface area contributed by atoms with Crippen molar-refractivity contribution in [1.29, 1.82) is 0 Å². The van der Waals surface area contributed by atoms with E-state index in [2.05, 4.69) is 5.32 Å². The number of amides is 2. The zero-order chi connectivity index (χ0) is 26.9. The van der Waals surface area contributed by atoms with Crippen LogP contribution < -0.4 is 10.1 Å². The summed E-state index contributed by atoms with van der Waals surface area (Å²) in [5, 5.41) is 3.73. The maximum absolute atomic E-state index is 13.7. The summed E-state index contributed by atoms with van der Waals surface area (Å²) in [5.74, 6) is 0.443. The fourth-order valence-electron chi connectivity index (χ4n) is 4.20. The van der Waals surface area contributed by atoms with Gasteiger partial charge in [-0.05, 0) is 61.1 Å². The van der Waals surface area contributed by atoms with Gasteiger partial charge in [-0.1, -0.05) is 85.6 Å². The molecule has 0 aliphatic rings. The minimum atomic E-state index is -0.688. The molecule has 6 heteroatoms. The van der Waals surface area contributed by atoms with Gasteiger partial charge in [0.2, 0.25) is 5.91 Å². The topological polar surface area (TPSA) is 58.6 Å². The molecule has 196 valence electrons. The molecule has 0 spiro atoms. The minimum absolute atomic E-state index is 0.170. The van der Waals surface area contributed by atoms with Gasteiger partial charge in [0.25, 0.3) is 5.91 Å². The highest BCUT2D eigenvalue weighted by molar-refractivity contribution is 6.32. The first-order chi connectivity index (χ1) is 17.6. The molecule has 3 aromatic carbocycles. The molecule has 1 N–H and O–H groups in total. The average molecular weight is 521 g/mol. The van der Waals surface area contributed by atoms with Gasteiger partial charge in [0, 0.05) is 24.5 Å². The van der Waals surface area contributed by atoms with Gasteiger partial charge in [-0.15, -0.1) is 0 Å². The van der Waals surface area contributed by atoms with Crippen molar-refractivity contribution in [2.24, 2.45) is 5.92 Å². The Bertz CT molecular complexity index is 1190. The summed E-state index contributed by atoms with van der Waals surface area (Å²) in [4.78, 5) is 28.9. The maximum atomic E-state index is 13.7. The van der Waals surface area contributed by atoms with E-state index < -0.39 is 6.04 Å². The highest BCUT2D eigenvalue weighted by Crippen LogP contribution is 2.26. The Hall–Kier alpha value is -3.31. The maximum Gasteiger partial charge on any atom is 0.261 e. The molecule has 37 heavy (non-hydrogen) atoms. The number of hydrogen-bond donors (Lipinski definition) is 1. The summed E-state index contributed by atoms with van der Waals surface area (Å²) >= 11 is 6.30. The molecule has 0 aliphatic heterocycles. The van der Waals surface area contributed by atoms with Crippen LogP contribution in [-0.2, 0) is 22.6 Å². The molecule has 1 unspecified atom stereocenters. The Morgan fingerprint density at radius 3 is 2.19 bits per heavy atom. The highest BCUT2D eigenvalue weighted by atomic mass is 35.5. The first-order valence-corrected chi connectivity index (χ1v) is 13.1. The van der Waals surface area contributed by atoms with Gasteiger partial charge in [-0.3, -0.25) is 9.59 Å². The van der Waals surface area contributed by atoms with Gasteiger partial charge >= 0.3 is 0 Å². The summed E-state index contributed by atoms with van der Waals surface area (Å²) in [6.07, 6.45) is 0.404. The molecule has 1 atom stereocenters. The van der Waals surface area contributed by atoms with Crippen molar-refractivity contribution in [2.45, 2.75) is 53.6 Å². The lowest BCUT2D eigenvalue weighted by Gasteiger charge is -2.32. The summed E-state index contributed by atoms with van der Waals surface area (Å²) in [6.45, 7) is 10.6. The van der Waals surface area contributed by atoms with Crippen LogP contribution in [0.3, 0.4) is 0 Å². The Morgan fingerprint density at radius 2 is 1.57 bits per heavy atom. The van der Waals surface area contributed by atoms with Crippen LogP contribution in [0.1, 0.15) is 41.7 Å². The predicted molar refractivity (Wildman–Crippen MR) is 150 cm³/mol. The van der Waals surface area contributed by atoms with E-state index in [0.29, 0.717) is 36.2 Å². The van der Waals surface area contributed by atoms with Gasteiger partial charge in [-0.25, -0.2) is 0 Å². The first-order valence-electron chi connectivity index (χ1n) is 12.7. The molecule has 3 rings (SSSR count). The molecule has 0 aliphatic carbocycles. The van der Waals surface area contributed by atoms with Crippen LogP contribution in [0, 0.1) is 26.7 Å². The second kappa shape index (κ2) is 13.3. The SMILES string of the molecule is Cc1cccc(CN(C(=O)COc2cc(C)c(Cl)c(C)c2)C(Cc2ccccc2)C(=O)NCC(C)C)c1. The number of benzene rings is 3. The lowest BCUT2D eigenvalue weighted by molar-refractivity contribution is -0.142. The Morgan fingerprint density at radius 1 is 0.919 bits per heavy atom. The van der Waals surface area contributed by atoms with Crippen molar-refractivity contribution in [2.75, 3.05) is 13.2 Å². The zero-order valence-electron chi connectivity index (χ0n) is 22.4. The first kappa shape index (κ1) is 28.3. The van der Waals surface area contributed by atoms with Gasteiger partial charge in [-0.2, -0.15) is 0 Å². The third kappa shape index (κ3) is 8.36. The van der Waals surface area contributed by atoms with E-state index in [1.54, 1.807) is 4.90 Å². The molecule has 0 aromatic heterocycles. The number of hydrogen-bond acceptors (Lipinski definition) is 3.